The molecule has 0 radical (unpaired) electrons. The Kier molecular flexibility index (Phi) is 1.79. The van der Waals surface area contributed by atoms with Gasteiger partial charge >= 0.3 is 7.12 Å². The van der Waals surface area contributed by atoms with Crippen LogP contribution in [0, 0.1) is 5.82 Å². The normalized spacial score (nSPS) is 10.7. The molecule has 0 saturated heterocycles. The Labute approximate surface area is 73.2 Å². The van der Waals surface area contributed by atoms with Crippen molar-refractivity contribution in [3.63, 3.8) is 0 Å². The summed E-state index contributed by atoms with van der Waals surface area (Å²) < 4.78 is 13.1. The second kappa shape index (κ2) is 2.83. The van der Waals surface area contributed by atoms with Crippen LogP contribution >= 0.6 is 0 Å². The van der Waals surface area contributed by atoms with Gasteiger partial charge in [-0.1, -0.05) is 0 Å². The molecular formula is C7H6BFN2O2. The first-order chi connectivity index (χ1) is 6.20. The van der Waals surface area contributed by atoms with Gasteiger partial charge in [0.2, 0.25) is 0 Å². The average Bonchev–Trinajstić information content (AvgIpc) is 2.50. The van der Waals surface area contributed by atoms with Gasteiger partial charge in [0.15, 0.2) is 0 Å². The second-order valence-corrected chi connectivity index (χ2v) is 2.67. The van der Waals surface area contributed by atoms with Crippen molar-refractivity contribution in [1.29, 1.82) is 0 Å². The van der Waals surface area contributed by atoms with E-state index in [1.807, 2.05) is 0 Å². The predicted molar refractivity (Wildman–Crippen MR) is 45.9 cm³/mol. The van der Waals surface area contributed by atoms with Crippen LogP contribution in [0.1, 0.15) is 0 Å². The average molecular weight is 180 g/mol. The summed E-state index contributed by atoms with van der Waals surface area (Å²) in [5.41, 5.74) is 0.144. The summed E-state index contributed by atoms with van der Waals surface area (Å²) in [6.45, 7) is 0. The molecule has 0 bridgehead atoms. The van der Waals surface area contributed by atoms with Gasteiger partial charge in [-0.3, -0.25) is 5.10 Å². The number of aromatic amines is 1. The van der Waals surface area contributed by atoms with E-state index in [2.05, 4.69) is 10.2 Å². The molecule has 0 aliphatic rings. The van der Waals surface area contributed by atoms with Gasteiger partial charge in [0.25, 0.3) is 0 Å². The molecule has 13 heavy (non-hydrogen) atoms. The predicted octanol–water partition coefficient (Wildman–Crippen LogP) is -0.618. The van der Waals surface area contributed by atoms with E-state index in [1.165, 1.54) is 18.3 Å². The highest BCUT2D eigenvalue weighted by Crippen LogP contribution is 2.09. The van der Waals surface area contributed by atoms with Crippen molar-refractivity contribution in [1.82, 2.24) is 10.2 Å². The van der Waals surface area contributed by atoms with Crippen LogP contribution in [-0.2, 0) is 0 Å². The number of hydrogen-bond acceptors (Lipinski definition) is 3. The molecule has 0 saturated carbocycles. The van der Waals surface area contributed by atoms with Crippen molar-refractivity contribution in [2.24, 2.45) is 0 Å². The third kappa shape index (κ3) is 1.20. The Balaban J connectivity index is 2.80. The number of halogens is 1. The number of H-pyrrole nitrogens is 1. The van der Waals surface area contributed by atoms with E-state index in [0.717, 1.165) is 0 Å². The van der Waals surface area contributed by atoms with Gasteiger partial charge in [0.1, 0.15) is 5.82 Å². The first kappa shape index (κ1) is 8.21. The van der Waals surface area contributed by atoms with Crippen LogP contribution in [0.2, 0.25) is 0 Å². The molecule has 2 aromatic rings. The fourth-order valence-electron chi connectivity index (χ4n) is 1.26. The lowest BCUT2D eigenvalue weighted by atomic mass is 9.78. The van der Waals surface area contributed by atoms with Gasteiger partial charge in [0, 0.05) is 10.8 Å². The monoisotopic (exact) mass is 180 g/mol. The molecule has 4 nitrogen and oxygen atoms in total. The maximum atomic E-state index is 13.1. The van der Waals surface area contributed by atoms with E-state index in [1.54, 1.807) is 0 Å². The van der Waals surface area contributed by atoms with Gasteiger partial charge in [-0.05, 0) is 12.1 Å². The number of fused-ring (bicyclic) bond motifs is 1. The molecule has 0 spiro atoms. The minimum atomic E-state index is -1.83. The molecule has 0 aliphatic heterocycles. The maximum Gasteiger partial charge on any atom is 0.493 e. The third-order valence-corrected chi connectivity index (χ3v) is 1.86. The zero-order valence-electron chi connectivity index (χ0n) is 6.53. The van der Waals surface area contributed by atoms with Crippen molar-refractivity contribution >= 4 is 23.5 Å². The molecule has 1 heterocycles. The van der Waals surface area contributed by atoms with Gasteiger partial charge < -0.3 is 10.0 Å². The first-order valence-electron chi connectivity index (χ1n) is 3.68. The van der Waals surface area contributed by atoms with Crippen molar-refractivity contribution in [2.45, 2.75) is 0 Å². The van der Waals surface area contributed by atoms with Gasteiger partial charge in [-0.2, -0.15) is 5.10 Å². The number of rotatable bonds is 1. The lowest BCUT2D eigenvalue weighted by Gasteiger charge is -2.01. The highest BCUT2D eigenvalue weighted by molar-refractivity contribution is 6.61. The fraction of sp³-hybridized carbons (Fsp3) is 0. The Morgan fingerprint density at radius 1 is 1.38 bits per heavy atom. The van der Waals surface area contributed by atoms with Gasteiger partial charge in [-0.25, -0.2) is 4.39 Å². The standard InChI is InChI=1S/C7H6BFN2O2/c9-5-2-1-4-3-10-11-7(4)6(5)8(12)13/h1-3,12-13H,(H,10,11). The lowest BCUT2D eigenvalue weighted by molar-refractivity contribution is 0.423. The molecule has 66 valence electrons. The lowest BCUT2D eigenvalue weighted by Crippen LogP contribution is -2.33. The SMILES string of the molecule is OB(O)c1c(F)ccc2cn[nH]c12. The fourth-order valence-corrected chi connectivity index (χ4v) is 1.26. The van der Waals surface area contributed by atoms with Crippen molar-refractivity contribution in [3.8, 4) is 0 Å². The molecule has 6 heteroatoms. The molecule has 1 aromatic heterocycles. The van der Waals surface area contributed by atoms with Gasteiger partial charge in [-0.15, -0.1) is 0 Å². The first-order valence-corrected chi connectivity index (χ1v) is 3.68. The Morgan fingerprint density at radius 2 is 2.15 bits per heavy atom. The van der Waals surface area contributed by atoms with E-state index in [4.69, 9.17) is 10.0 Å². The van der Waals surface area contributed by atoms with Crippen molar-refractivity contribution < 1.29 is 14.4 Å². The zero-order valence-corrected chi connectivity index (χ0v) is 6.53. The molecule has 0 fully saturated rings. The van der Waals surface area contributed by atoms with Crippen LogP contribution in [0.15, 0.2) is 18.3 Å². The quantitative estimate of drug-likeness (QED) is 0.512. The molecule has 3 N–H and O–H groups in total. The van der Waals surface area contributed by atoms with Crippen molar-refractivity contribution in [3.05, 3.63) is 24.1 Å². The summed E-state index contributed by atoms with van der Waals surface area (Å²) in [4.78, 5) is 0. The van der Waals surface area contributed by atoms with E-state index >= 15 is 0 Å². The largest absolute Gasteiger partial charge is 0.493 e. The molecular weight excluding hydrogens is 174 g/mol. The van der Waals surface area contributed by atoms with Gasteiger partial charge in [0.05, 0.1) is 11.7 Å². The summed E-state index contributed by atoms with van der Waals surface area (Å²) in [5, 5.41) is 24.6. The number of aromatic nitrogens is 2. The molecule has 0 amide bonds. The Morgan fingerprint density at radius 3 is 2.85 bits per heavy atom. The molecule has 2 rings (SSSR count). The molecule has 0 unspecified atom stereocenters. The summed E-state index contributed by atoms with van der Waals surface area (Å²) in [6.07, 6.45) is 1.49. The summed E-state index contributed by atoms with van der Waals surface area (Å²) in [6, 6.07) is 2.69. The number of benzene rings is 1. The van der Waals surface area contributed by atoms with Crippen LogP contribution in [-0.4, -0.2) is 27.4 Å². The summed E-state index contributed by atoms with van der Waals surface area (Å²) in [5.74, 6) is -0.660. The van der Waals surface area contributed by atoms with E-state index in [9.17, 15) is 4.39 Å². The minimum Gasteiger partial charge on any atom is -0.423 e. The highest BCUT2D eigenvalue weighted by atomic mass is 19.1. The van der Waals surface area contributed by atoms with E-state index in [-0.39, 0.29) is 5.46 Å². The Hall–Kier alpha value is -1.40. The van der Waals surface area contributed by atoms with Crippen LogP contribution in [0.25, 0.3) is 10.9 Å². The van der Waals surface area contributed by atoms with E-state index in [0.29, 0.717) is 10.9 Å². The number of nitrogens with zero attached hydrogens (tertiary/aromatic N) is 1. The second-order valence-electron chi connectivity index (χ2n) is 2.67. The van der Waals surface area contributed by atoms with Crippen LogP contribution in [0.4, 0.5) is 4.39 Å². The number of hydrogen-bond donors (Lipinski definition) is 3. The topological polar surface area (TPSA) is 69.1 Å². The third-order valence-electron chi connectivity index (χ3n) is 1.86. The van der Waals surface area contributed by atoms with Crippen molar-refractivity contribution in [2.75, 3.05) is 0 Å². The maximum absolute atomic E-state index is 13.1. The Bertz CT molecular complexity index is 443. The summed E-state index contributed by atoms with van der Waals surface area (Å²) in [7, 11) is -1.83. The number of nitrogens with one attached hydrogen (secondary N) is 1. The van der Waals surface area contributed by atoms with Crippen LogP contribution in [0.5, 0.6) is 0 Å². The van der Waals surface area contributed by atoms with E-state index < -0.39 is 12.9 Å². The highest BCUT2D eigenvalue weighted by Gasteiger charge is 2.20. The molecule has 0 atom stereocenters. The molecule has 0 aliphatic carbocycles. The van der Waals surface area contributed by atoms with Crippen LogP contribution in [0.3, 0.4) is 0 Å². The summed E-state index contributed by atoms with van der Waals surface area (Å²) >= 11 is 0. The molecule has 1 aromatic carbocycles. The smallest absolute Gasteiger partial charge is 0.423 e. The van der Waals surface area contributed by atoms with Crippen LogP contribution < -0.4 is 5.46 Å². The zero-order chi connectivity index (χ0) is 9.42. The minimum absolute atomic E-state index is 0.171.